The fourth-order valence-corrected chi connectivity index (χ4v) is 2.62. The Labute approximate surface area is 130 Å². The number of nitrogens with zero attached hydrogens (tertiary/aromatic N) is 1. The van der Waals surface area contributed by atoms with E-state index in [1.54, 1.807) is 4.90 Å². The molecule has 1 aliphatic rings. The summed E-state index contributed by atoms with van der Waals surface area (Å²) in [7, 11) is 0. The maximum Gasteiger partial charge on any atom is 0.329 e. The molecule has 0 spiro atoms. The Kier molecular flexibility index (Phi) is 5.67. The van der Waals surface area contributed by atoms with E-state index in [-0.39, 0.29) is 24.4 Å². The number of likely N-dealkylation sites (tertiary alicyclic amines) is 1. The first-order valence-electron chi connectivity index (χ1n) is 7.25. The second-order valence-corrected chi connectivity index (χ2v) is 5.73. The molecule has 0 aliphatic carbocycles. The molecule has 1 aromatic rings. The van der Waals surface area contributed by atoms with Crippen LogP contribution in [0, 0.1) is 5.92 Å². The lowest BCUT2D eigenvalue weighted by Crippen LogP contribution is -2.44. The van der Waals surface area contributed by atoms with E-state index in [0.29, 0.717) is 18.7 Å². The van der Waals surface area contributed by atoms with Crippen LogP contribution in [-0.4, -0.2) is 35.1 Å². The average molecular weight is 307 g/mol. The van der Waals surface area contributed by atoms with Gasteiger partial charge in [0.25, 0.3) is 0 Å². The van der Waals surface area contributed by atoms with E-state index in [1.807, 2.05) is 37.3 Å². The second kappa shape index (κ2) is 7.50. The molecule has 2 rings (SSSR count). The van der Waals surface area contributed by atoms with Gasteiger partial charge < -0.3 is 9.64 Å². The lowest BCUT2D eigenvalue weighted by atomic mass is 10.1. The molecule has 1 saturated heterocycles. The van der Waals surface area contributed by atoms with Crippen molar-refractivity contribution < 1.29 is 14.3 Å². The zero-order valence-electron chi connectivity index (χ0n) is 12.2. The van der Waals surface area contributed by atoms with E-state index in [1.165, 1.54) is 0 Å². The molecule has 1 amide bonds. The van der Waals surface area contributed by atoms with Gasteiger partial charge in [0.2, 0.25) is 5.91 Å². The number of ether oxygens (including phenoxy) is 1. The Morgan fingerprint density at radius 2 is 2.10 bits per heavy atom. The van der Waals surface area contributed by atoms with Crippen molar-refractivity contribution in [3.8, 4) is 0 Å². The van der Waals surface area contributed by atoms with Crippen LogP contribution >= 0.6 is 12.6 Å². The van der Waals surface area contributed by atoms with Gasteiger partial charge in [-0.15, -0.1) is 0 Å². The summed E-state index contributed by atoms with van der Waals surface area (Å²) in [5, 5.41) is 0. The molecule has 1 fully saturated rings. The number of hydrogen-bond donors (Lipinski definition) is 1. The van der Waals surface area contributed by atoms with Crippen LogP contribution in [0.4, 0.5) is 0 Å². The first-order valence-corrected chi connectivity index (χ1v) is 7.88. The fourth-order valence-electron chi connectivity index (χ4n) is 2.46. The van der Waals surface area contributed by atoms with Gasteiger partial charge in [0, 0.05) is 18.2 Å². The molecule has 1 aliphatic heterocycles. The number of carbonyl (C=O) groups is 2. The molecular formula is C16H21NO3S. The molecule has 0 unspecified atom stereocenters. The quantitative estimate of drug-likeness (QED) is 0.670. The third kappa shape index (κ3) is 4.00. The summed E-state index contributed by atoms with van der Waals surface area (Å²) in [5.74, 6) is -0.00252. The normalized spacial score (nSPS) is 19.3. The Hall–Kier alpha value is -1.49. The summed E-state index contributed by atoms with van der Waals surface area (Å²) in [6.45, 7) is 2.71. The summed E-state index contributed by atoms with van der Waals surface area (Å²) >= 11 is 4.15. The second-order valence-electron chi connectivity index (χ2n) is 5.37. The highest BCUT2D eigenvalue weighted by Crippen LogP contribution is 2.21. The minimum Gasteiger partial charge on any atom is -0.459 e. The first-order chi connectivity index (χ1) is 10.1. The van der Waals surface area contributed by atoms with Crippen molar-refractivity contribution in [1.82, 2.24) is 4.90 Å². The van der Waals surface area contributed by atoms with Crippen LogP contribution < -0.4 is 0 Å². The molecule has 0 N–H and O–H groups in total. The third-order valence-electron chi connectivity index (χ3n) is 3.73. The van der Waals surface area contributed by atoms with E-state index < -0.39 is 6.04 Å². The molecular weight excluding hydrogens is 286 g/mol. The standard InChI is InChI=1S/C16H21NO3S/c1-12(11-21)15(18)17-9-5-8-14(17)16(19)20-10-13-6-3-2-4-7-13/h2-4,6-7,12,14,21H,5,8-11H2,1H3/t12-,14+/m1/s1. The fraction of sp³-hybridized carbons (Fsp3) is 0.500. The molecule has 114 valence electrons. The van der Waals surface area contributed by atoms with Gasteiger partial charge in [0.1, 0.15) is 12.6 Å². The lowest BCUT2D eigenvalue weighted by Gasteiger charge is -2.25. The number of rotatable bonds is 5. The molecule has 1 heterocycles. The lowest BCUT2D eigenvalue weighted by molar-refractivity contribution is -0.155. The summed E-state index contributed by atoms with van der Waals surface area (Å²) in [6.07, 6.45) is 1.52. The molecule has 4 nitrogen and oxygen atoms in total. The van der Waals surface area contributed by atoms with Crippen LogP contribution in [-0.2, 0) is 20.9 Å². The van der Waals surface area contributed by atoms with Crippen molar-refractivity contribution in [3.05, 3.63) is 35.9 Å². The van der Waals surface area contributed by atoms with E-state index in [9.17, 15) is 9.59 Å². The molecule has 0 aromatic heterocycles. The maximum absolute atomic E-state index is 12.2. The minimum absolute atomic E-state index is 0.0100. The Bertz CT molecular complexity index is 492. The van der Waals surface area contributed by atoms with Gasteiger partial charge in [-0.1, -0.05) is 37.3 Å². The number of carbonyl (C=O) groups excluding carboxylic acids is 2. The molecule has 5 heteroatoms. The number of thiol groups is 1. The predicted molar refractivity (Wildman–Crippen MR) is 84.0 cm³/mol. The van der Waals surface area contributed by atoms with Gasteiger partial charge in [0.15, 0.2) is 0 Å². The average Bonchev–Trinajstić information content (AvgIpc) is 3.01. The topological polar surface area (TPSA) is 46.6 Å². The van der Waals surface area contributed by atoms with Crippen LogP contribution in [0.2, 0.25) is 0 Å². The first kappa shape index (κ1) is 15.9. The van der Waals surface area contributed by atoms with Crippen LogP contribution in [0.1, 0.15) is 25.3 Å². The highest BCUT2D eigenvalue weighted by molar-refractivity contribution is 7.80. The van der Waals surface area contributed by atoms with Crippen LogP contribution in [0.3, 0.4) is 0 Å². The highest BCUT2D eigenvalue weighted by Gasteiger charge is 2.36. The van der Waals surface area contributed by atoms with Crippen LogP contribution in [0.15, 0.2) is 30.3 Å². The number of hydrogen-bond acceptors (Lipinski definition) is 4. The predicted octanol–water partition coefficient (Wildman–Crippen LogP) is 2.29. The Morgan fingerprint density at radius 1 is 1.38 bits per heavy atom. The van der Waals surface area contributed by atoms with Crippen molar-refractivity contribution in [1.29, 1.82) is 0 Å². The van der Waals surface area contributed by atoms with Gasteiger partial charge in [-0.3, -0.25) is 4.79 Å². The summed E-state index contributed by atoms with van der Waals surface area (Å²) in [6, 6.07) is 9.11. The number of benzene rings is 1. The monoisotopic (exact) mass is 307 g/mol. The molecule has 21 heavy (non-hydrogen) atoms. The van der Waals surface area contributed by atoms with Gasteiger partial charge in [-0.05, 0) is 18.4 Å². The van der Waals surface area contributed by atoms with E-state index in [4.69, 9.17) is 4.74 Å². The van der Waals surface area contributed by atoms with Gasteiger partial charge >= 0.3 is 5.97 Å². The summed E-state index contributed by atoms with van der Waals surface area (Å²) in [5.41, 5.74) is 0.949. The van der Waals surface area contributed by atoms with Crippen molar-refractivity contribution in [2.24, 2.45) is 5.92 Å². The molecule has 0 saturated carbocycles. The zero-order valence-corrected chi connectivity index (χ0v) is 13.1. The SMILES string of the molecule is C[C@H](CS)C(=O)N1CCC[C@H]1C(=O)OCc1ccccc1. The molecule has 0 radical (unpaired) electrons. The molecule has 1 aromatic carbocycles. The van der Waals surface area contributed by atoms with E-state index >= 15 is 0 Å². The summed E-state index contributed by atoms with van der Waals surface area (Å²) < 4.78 is 5.35. The Balaban J connectivity index is 1.93. The number of esters is 1. The number of amides is 1. The van der Waals surface area contributed by atoms with Crippen molar-refractivity contribution in [2.75, 3.05) is 12.3 Å². The smallest absolute Gasteiger partial charge is 0.329 e. The van der Waals surface area contributed by atoms with Crippen molar-refractivity contribution in [3.63, 3.8) is 0 Å². The maximum atomic E-state index is 12.2. The zero-order chi connectivity index (χ0) is 15.2. The van der Waals surface area contributed by atoms with Gasteiger partial charge in [0.05, 0.1) is 0 Å². The molecule has 0 bridgehead atoms. The van der Waals surface area contributed by atoms with Crippen LogP contribution in [0.25, 0.3) is 0 Å². The third-order valence-corrected chi connectivity index (χ3v) is 4.28. The van der Waals surface area contributed by atoms with Crippen molar-refractivity contribution in [2.45, 2.75) is 32.4 Å². The minimum atomic E-state index is -0.441. The van der Waals surface area contributed by atoms with Gasteiger partial charge in [-0.2, -0.15) is 12.6 Å². The van der Waals surface area contributed by atoms with E-state index in [2.05, 4.69) is 12.6 Å². The van der Waals surface area contributed by atoms with E-state index in [0.717, 1.165) is 12.0 Å². The highest BCUT2D eigenvalue weighted by atomic mass is 32.1. The van der Waals surface area contributed by atoms with Crippen LogP contribution in [0.5, 0.6) is 0 Å². The largest absolute Gasteiger partial charge is 0.459 e. The molecule has 2 atom stereocenters. The summed E-state index contributed by atoms with van der Waals surface area (Å²) in [4.78, 5) is 26.1. The van der Waals surface area contributed by atoms with Gasteiger partial charge in [-0.25, -0.2) is 4.79 Å². The van der Waals surface area contributed by atoms with Crippen molar-refractivity contribution >= 4 is 24.5 Å². The Morgan fingerprint density at radius 3 is 2.76 bits per heavy atom.